The molecule has 3 atom stereocenters. The van der Waals surface area contributed by atoms with Gasteiger partial charge in [0, 0.05) is 6.54 Å². The van der Waals surface area contributed by atoms with E-state index in [2.05, 4.69) is 0 Å². The third-order valence-electron chi connectivity index (χ3n) is 4.22. The van der Waals surface area contributed by atoms with Crippen molar-refractivity contribution in [1.82, 2.24) is 4.90 Å². The molecule has 0 radical (unpaired) electrons. The van der Waals surface area contributed by atoms with Crippen LogP contribution in [-0.2, 0) is 16.0 Å². The molecule has 114 valence electrons. The number of fused-ring (bicyclic) bond motifs is 1. The molecule has 2 aliphatic heterocycles. The third-order valence-corrected chi connectivity index (χ3v) is 4.22. The first kappa shape index (κ1) is 14.4. The van der Waals surface area contributed by atoms with Gasteiger partial charge in [0.2, 0.25) is 5.91 Å². The Hall–Kier alpha value is -1.59. The number of rotatable bonds is 2. The van der Waals surface area contributed by atoms with E-state index in [1.54, 1.807) is 0 Å². The number of carbonyl (C=O) groups is 1. The molecular weight excluding hydrogens is 270 g/mol. The van der Waals surface area contributed by atoms with E-state index in [4.69, 9.17) is 9.47 Å². The third kappa shape index (κ3) is 2.89. The average Bonchev–Trinajstić information content (AvgIpc) is 2.54. The molecule has 3 rings (SSSR count). The molecule has 2 aliphatic rings. The molecule has 21 heavy (non-hydrogen) atoms. The Morgan fingerprint density at radius 2 is 2.19 bits per heavy atom. The topological polar surface area (TPSA) is 59.0 Å². The van der Waals surface area contributed by atoms with E-state index in [1.165, 1.54) is 0 Å². The lowest BCUT2D eigenvalue weighted by atomic mass is 9.94. The van der Waals surface area contributed by atoms with E-state index in [1.807, 2.05) is 36.1 Å². The number of nitrogens with zero attached hydrogens (tertiary/aromatic N) is 1. The van der Waals surface area contributed by atoms with E-state index >= 15 is 0 Å². The van der Waals surface area contributed by atoms with Crippen LogP contribution in [0.25, 0.3) is 0 Å². The van der Waals surface area contributed by atoms with Crippen molar-refractivity contribution in [2.24, 2.45) is 5.92 Å². The number of benzene rings is 1. The van der Waals surface area contributed by atoms with Gasteiger partial charge in [-0.2, -0.15) is 0 Å². The van der Waals surface area contributed by atoms with Gasteiger partial charge in [-0.05, 0) is 25.0 Å². The van der Waals surface area contributed by atoms with Gasteiger partial charge in [0.05, 0.1) is 31.3 Å². The highest BCUT2D eigenvalue weighted by Gasteiger charge is 2.35. The number of ether oxygens (including phenoxy) is 2. The molecule has 0 aromatic heterocycles. The molecule has 1 amide bonds. The maximum absolute atomic E-state index is 12.7. The van der Waals surface area contributed by atoms with Crippen LogP contribution in [0.1, 0.15) is 12.5 Å². The summed E-state index contributed by atoms with van der Waals surface area (Å²) in [5, 5.41) is 9.23. The fraction of sp³-hybridized carbons (Fsp3) is 0.562. The second kappa shape index (κ2) is 6.03. The van der Waals surface area contributed by atoms with Gasteiger partial charge in [-0.25, -0.2) is 0 Å². The highest BCUT2D eigenvalue weighted by Crippen LogP contribution is 2.28. The molecule has 1 saturated heterocycles. The predicted octanol–water partition coefficient (Wildman–Crippen LogP) is 0.846. The lowest BCUT2D eigenvalue weighted by Gasteiger charge is -2.39. The fourth-order valence-electron chi connectivity index (χ4n) is 2.96. The maximum Gasteiger partial charge on any atom is 0.229 e. The number of aliphatic hydroxyl groups is 1. The number of hydrogen-bond acceptors (Lipinski definition) is 4. The van der Waals surface area contributed by atoms with Crippen molar-refractivity contribution in [2.75, 3.05) is 26.4 Å². The summed E-state index contributed by atoms with van der Waals surface area (Å²) in [4.78, 5) is 14.6. The van der Waals surface area contributed by atoms with E-state index in [9.17, 15) is 9.90 Å². The Balaban J connectivity index is 1.71. The standard InChI is InChI=1S/C16H21NO4/c1-11-9-20-14(8-18)7-17(11)16(19)13-6-12-4-2-3-5-15(12)21-10-13/h2-5,11,13-14,18H,6-10H2,1H3. The molecule has 0 spiro atoms. The molecule has 0 saturated carbocycles. The number of morpholine rings is 1. The van der Waals surface area contributed by atoms with E-state index in [0.717, 1.165) is 11.3 Å². The zero-order chi connectivity index (χ0) is 14.8. The molecule has 1 aromatic rings. The molecule has 1 N–H and O–H groups in total. The minimum absolute atomic E-state index is 0.0393. The first-order chi connectivity index (χ1) is 10.2. The summed E-state index contributed by atoms with van der Waals surface area (Å²) >= 11 is 0. The fourth-order valence-corrected chi connectivity index (χ4v) is 2.96. The summed E-state index contributed by atoms with van der Waals surface area (Å²) in [6, 6.07) is 7.89. The molecular formula is C16H21NO4. The Kier molecular flexibility index (Phi) is 4.12. The quantitative estimate of drug-likeness (QED) is 0.877. The van der Waals surface area contributed by atoms with Gasteiger partial charge in [0.25, 0.3) is 0 Å². The molecule has 1 aromatic carbocycles. The van der Waals surface area contributed by atoms with Crippen LogP contribution in [0.4, 0.5) is 0 Å². The van der Waals surface area contributed by atoms with Crippen LogP contribution >= 0.6 is 0 Å². The zero-order valence-electron chi connectivity index (χ0n) is 12.2. The van der Waals surface area contributed by atoms with Crippen molar-refractivity contribution in [3.05, 3.63) is 29.8 Å². The molecule has 0 aliphatic carbocycles. The van der Waals surface area contributed by atoms with E-state index in [0.29, 0.717) is 26.2 Å². The van der Waals surface area contributed by atoms with Crippen molar-refractivity contribution in [2.45, 2.75) is 25.5 Å². The molecule has 3 unspecified atom stereocenters. The number of para-hydroxylation sites is 1. The summed E-state index contributed by atoms with van der Waals surface area (Å²) in [6.45, 7) is 3.27. The minimum atomic E-state index is -0.276. The molecule has 0 bridgehead atoms. The summed E-state index contributed by atoms with van der Waals surface area (Å²) in [6.07, 6.45) is 0.435. The van der Waals surface area contributed by atoms with Crippen molar-refractivity contribution >= 4 is 5.91 Å². The molecule has 2 heterocycles. The minimum Gasteiger partial charge on any atom is -0.492 e. The van der Waals surface area contributed by atoms with Crippen LogP contribution in [-0.4, -0.2) is 54.4 Å². The van der Waals surface area contributed by atoms with E-state index in [-0.39, 0.29) is 30.6 Å². The Labute approximate surface area is 124 Å². The summed E-state index contributed by atoms with van der Waals surface area (Å²) in [5.74, 6) is 0.823. The predicted molar refractivity (Wildman–Crippen MR) is 77.1 cm³/mol. The van der Waals surface area contributed by atoms with Crippen LogP contribution in [0.2, 0.25) is 0 Å². The summed E-state index contributed by atoms with van der Waals surface area (Å²) in [7, 11) is 0. The van der Waals surface area contributed by atoms with Gasteiger partial charge < -0.3 is 19.5 Å². The lowest BCUT2D eigenvalue weighted by Crippen LogP contribution is -2.54. The van der Waals surface area contributed by atoms with Crippen LogP contribution < -0.4 is 4.74 Å². The lowest BCUT2D eigenvalue weighted by molar-refractivity contribution is -0.151. The SMILES string of the molecule is CC1COC(CO)CN1C(=O)C1COc2ccccc2C1. The van der Waals surface area contributed by atoms with Crippen LogP contribution in [0.3, 0.4) is 0 Å². The Morgan fingerprint density at radius 3 is 3.00 bits per heavy atom. The van der Waals surface area contributed by atoms with Gasteiger partial charge in [-0.3, -0.25) is 4.79 Å². The number of carbonyl (C=O) groups excluding carboxylic acids is 1. The number of amides is 1. The van der Waals surface area contributed by atoms with E-state index < -0.39 is 0 Å². The molecule has 5 heteroatoms. The van der Waals surface area contributed by atoms with Crippen LogP contribution in [0.15, 0.2) is 24.3 Å². The van der Waals surface area contributed by atoms with Crippen LogP contribution in [0, 0.1) is 5.92 Å². The average molecular weight is 291 g/mol. The normalized spacial score (nSPS) is 28.7. The van der Waals surface area contributed by atoms with Crippen LogP contribution in [0.5, 0.6) is 5.75 Å². The monoisotopic (exact) mass is 291 g/mol. The summed E-state index contributed by atoms with van der Waals surface area (Å²) < 4.78 is 11.2. The van der Waals surface area contributed by atoms with Crippen molar-refractivity contribution in [1.29, 1.82) is 0 Å². The highest BCUT2D eigenvalue weighted by molar-refractivity contribution is 5.80. The second-order valence-electron chi connectivity index (χ2n) is 5.80. The van der Waals surface area contributed by atoms with Crippen molar-refractivity contribution in [3.63, 3.8) is 0 Å². The number of aliphatic hydroxyl groups excluding tert-OH is 1. The highest BCUT2D eigenvalue weighted by atomic mass is 16.5. The maximum atomic E-state index is 12.7. The van der Waals surface area contributed by atoms with Crippen molar-refractivity contribution < 1.29 is 19.4 Å². The van der Waals surface area contributed by atoms with Gasteiger partial charge in [0.1, 0.15) is 12.4 Å². The Morgan fingerprint density at radius 1 is 1.38 bits per heavy atom. The molecule has 1 fully saturated rings. The Bertz CT molecular complexity index is 519. The van der Waals surface area contributed by atoms with Gasteiger partial charge >= 0.3 is 0 Å². The largest absolute Gasteiger partial charge is 0.492 e. The molecule has 5 nitrogen and oxygen atoms in total. The number of hydrogen-bond donors (Lipinski definition) is 1. The van der Waals surface area contributed by atoms with Gasteiger partial charge in [-0.15, -0.1) is 0 Å². The smallest absolute Gasteiger partial charge is 0.229 e. The second-order valence-corrected chi connectivity index (χ2v) is 5.80. The first-order valence-corrected chi connectivity index (χ1v) is 7.42. The van der Waals surface area contributed by atoms with Crippen molar-refractivity contribution in [3.8, 4) is 5.75 Å². The van der Waals surface area contributed by atoms with Gasteiger partial charge in [0.15, 0.2) is 0 Å². The summed E-state index contributed by atoms with van der Waals surface area (Å²) in [5.41, 5.74) is 1.08. The zero-order valence-corrected chi connectivity index (χ0v) is 12.2. The first-order valence-electron chi connectivity index (χ1n) is 7.42. The van der Waals surface area contributed by atoms with Gasteiger partial charge in [-0.1, -0.05) is 18.2 Å².